The quantitative estimate of drug-likeness (QED) is 0.612. The Kier molecular flexibility index (Phi) is 6.30. The molecule has 1 aliphatic heterocycles. The monoisotopic (exact) mass is 460 g/mol. The number of pyridine rings is 1. The first-order valence-corrected chi connectivity index (χ1v) is 12.0. The zero-order valence-electron chi connectivity index (χ0n) is 16.6. The molecule has 162 valence electrons. The largest absolute Gasteiger partial charge is 0.367 e. The maximum atomic E-state index is 14.0. The lowest BCUT2D eigenvalue weighted by Crippen LogP contribution is -2.49. The third-order valence-corrected chi connectivity index (χ3v) is 8.04. The molecule has 1 aliphatic rings. The van der Waals surface area contributed by atoms with Gasteiger partial charge in [-0.3, -0.25) is 9.78 Å². The van der Waals surface area contributed by atoms with Gasteiger partial charge in [0.2, 0.25) is 10.0 Å². The van der Waals surface area contributed by atoms with Crippen LogP contribution in [0.4, 0.5) is 10.1 Å². The van der Waals surface area contributed by atoms with E-state index in [1.165, 1.54) is 16.4 Å². The molecular formula is C21H21FN4O3S2. The summed E-state index contributed by atoms with van der Waals surface area (Å²) in [6.07, 6.45) is 3.28. The number of halogens is 1. The Balaban J connectivity index is 1.45. The van der Waals surface area contributed by atoms with Crippen molar-refractivity contribution in [3.8, 4) is 0 Å². The lowest BCUT2D eigenvalue weighted by atomic mass is 10.2. The number of nitrogens with zero attached hydrogens (tertiary/aromatic N) is 3. The maximum absolute atomic E-state index is 14.0. The standard InChI is InChI=1S/C21H21FN4O3S2/c22-17-5-1-2-6-18(17)25-9-11-26(12-10-25)31(28,29)19-7-13-30-20(19)21(27)24-15-16-4-3-8-23-14-16/h1-8,13-14H,9-12,15H2,(H,24,27). The van der Waals surface area contributed by atoms with Crippen LogP contribution in [0, 0.1) is 5.82 Å². The van der Waals surface area contributed by atoms with Gasteiger partial charge in [-0.2, -0.15) is 4.31 Å². The molecule has 0 radical (unpaired) electrons. The maximum Gasteiger partial charge on any atom is 0.263 e. The average Bonchev–Trinajstić information content (AvgIpc) is 3.30. The Labute approximate surface area is 184 Å². The number of aromatic nitrogens is 1. The van der Waals surface area contributed by atoms with Crippen LogP contribution in [0.1, 0.15) is 15.2 Å². The highest BCUT2D eigenvalue weighted by Crippen LogP contribution is 2.27. The molecule has 0 unspecified atom stereocenters. The molecule has 0 aliphatic carbocycles. The fourth-order valence-corrected chi connectivity index (χ4v) is 6.19. The number of amides is 1. The first-order chi connectivity index (χ1) is 15.0. The van der Waals surface area contributed by atoms with E-state index in [0.717, 1.165) is 16.9 Å². The fourth-order valence-electron chi connectivity index (χ4n) is 3.45. The Morgan fingerprint density at radius 1 is 1.10 bits per heavy atom. The van der Waals surface area contributed by atoms with E-state index in [-0.39, 0.29) is 35.2 Å². The minimum absolute atomic E-state index is 0.000489. The minimum Gasteiger partial charge on any atom is -0.367 e. The SMILES string of the molecule is O=C(NCc1cccnc1)c1sccc1S(=O)(=O)N1CCN(c2ccccc2F)CC1. The van der Waals surface area contributed by atoms with Crippen molar-refractivity contribution in [2.75, 3.05) is 31.1 Å². The molecule has 0 spiro atoms. The summed E-state index contributed by atoms with van der Waals surface area (Å²) in [4.78, 5) is 18.6. The molecule has 7 nitrogen and oxygen atoms in total. The molecule has 0 atom stereocenters. The van der Waals surface area contributed by atoms with Gasteiger partial charge in [0.1, 0.15) is 15.6 Å². The molecule has 3 heterocycles. The van der Waals surface area contributed by atoms with Gasteiger partial charge in [-0.15, -0.1) is 11.3 Å². The van der Waals surface area contributed by atoms with E-state index in [2.05, 4.69) is 10.3 Å². The molecule has 0 saturated carbocycles. The lowest BCUT2D eigenvalue weighted by Gasteiger charge is -2.35. The number of rotatable bonds is 6. The van der Waals surface area contributed by atoms with Gasteiger partial charge in [0.15, 0.2) is 0 Å². The van der Waals surface area contributed by atoms with Crippen LogP contribution < -0.4 is 10.2 Å². The number of hydrogen-bond acceptors (Lipinski definition) is 6. The van der Waals surface area contributed by atoms with Gasteiger partial charge in [0, 0.05) is 45.1 Å². The average molecular weight is 461 g/mol. The van der Waals surface area contributed by atoms with Gasteiger partial charge in [-0.05, 0) is 35.2 Å². The van der Waals surface area contributed by atoms with Gasteiger partial charge in [-0.25, -0.2) is 12.8 Å². The number of carbonyl (C=O) groups is 1. The van der Waals surface area contributed by atoms with Gasteiger partial charge >= 0.3 is 0 Å². The molecule has 31 heavy (non-hydrogen) atoms. The topological polar surface area (TPSA) is 82.6 Å². The summed E-state index contributed by atoms with van der Waals surface area (Å²) in [5.74, 6) is -0.772. The van der Waals surface area contributed by atoms with E-state index in [4.69, 9.17) is 0 Å². The predicted octanol–water partition coefficient (Wildman–Crippen LogP) is 2.72. The molecule has 4 rings (SSSR count). The van der Waals surface area contributed by atoms with Crippen molar-refractivity contribution in [1.29, 1.82) is 0 Å². The smallest absolute Gasteiger partial charge is 0.263 e. The van der Waals surface area contributed by atoms with Gasteiger partial charge < -0.3 is 10.2 Å². The van der Waals surface area contributed by atoms with Crippen LogP contribution in [0.3, 0.4) is 0 Å². The van der Waals surface area contributed by atoms with Crippen LogP contribution in [-0.2, 0) is 16.6 Å². The van der Waals surface area contributed by atoms with Crippen LogP contribution in [0.5, 0.6) is 0 Å². The van der Waals surface area contributed by atoms with Crippen molar-refractivity contribution in [2.45, 2.75) is 11.4 Å². The molecule has 1 N–H and O–H groups in total. The van der Waals surface area contributed by atoms with Crippen LogP contribution in [0.2, 0.25) is 0 Å². The molecule has 0 bridgehead atoms. The number of sulfonamides is 1. The molecule has 10 heteroatoms. The van der Waals surface area contributed by atoms with Crippen LogP contribution in [-0.4, -0.2) is 49.8 Å². The molecule has 2 aromatic heterocycles. The summed E-state index contributed by atoms with van der Waals surface area (Å²) >= 11 is 1.09. The van der Waals surface area contributed by atoms with Crippen LogP contribution in [0.25, 0.3) is 0 Å². The number of para-hydroxylation sites is 1. The highest BCUT2D eigenvalue weighted by molar-refractivity contribution is 7.89. The number of benzene rings is 1. The van der Waals surface area contributed by atoms with Gasteiger partial charge in [0.25, 0.3) is 5.91 Å². The van der Waals surface area contributed by atoms with E-state index >= 15 is 0 Å². The van der Waals surface area contributed by atoms with Crippen molar-refractivity contribution in [1.82, 2.24) is 14.6 Å². The molecule has 1 saturated heterocycles. The second kappa shape index (κ2) is 9.13. The van der Waals surface area contributed by atoms with E-state index < -0.39 is 15.9 Å². The molecular weight excluding hydrogens is 439 g/mol. The molecule has 1 amide bonds. The number of hydrogen-bond donors (Lipinski definition) is 1. The molecule has 1 aromatic carbocycles. The Hall–Kier alpha value is -2.82. The first-order valence-electron chi connectivity index (χ1n) is 9.71. The Bertz CT molecular complexity index is 1160. The summed E-state index contributed by atoms with van der Waals surface area (Å²) < 4.78 is 41.8. The van der Waals surface area contributed by atoms with Crippen molar-refractivity contribution >= 4 is 33.0 Å². The molecule has 3 aromatic rings. The first kappa shape index (κ1) is 21.4. The van der Waals surface area contributed by atoms with Crippen LogP contribution in [0.15, 0.2) is 65.1 Å². The van der Waals surface area contributed by atoms with Crippen molar-refractivity contribution < 1.29 is 17.6 Å². The number of carbonyl (C=O) groups excluding carboxylic acids is 1. The third kappa shape index (κ3) is 4.60. The van der Waals surface area contributed by atoms with E-state index in [1.807, 2.05) is 11.0 Å². The summed E-state index contributed by atoms with van der Waals surface area (Å²) in [5, 5.41) is 4.35. The van der Waals surface area contributed by atoms with Crippen LogP contribution >= 0.6 is 11.3 Å². The number of piperazine rings is 1. The molecule has 1 fully saturated rings. The fraction of sp³-hybridized carbons (Fsp3) is 0.238. The summed E-state index contributed by atoms with van der Waals surface area (Å²) in [6, 6.07) is 11.5. The van der Waals surface area contributed by atoms with Crippen molar-refractivity contribution in [3.63, 3.8) is 0 Å². The Morgan fingerprint density at radius 3 is 2.58 bits per heavy atom. The summed E-state index contributed by atoms with van der Waals surface area (Å²) in [6.45, 7) is 1.41. The summed E-state index contributed by atoms with van der Waals surface area (Å²) in [5.41, 5.74) is 1.28. The lowest BCUT2D eigenvalue weighted by molar-refractivity contribution is 0.0952. The zero-order chi connectivity index (χ0) is 21.8. The predicted molar refractivity (Wildman–Crippen MR) is 117 cm³/mol. The zero-order valence-corrected chi connectivity index (χ0v) is 18.2. The van der Waals surface area contributed by atoms with E-state index in [1.54, 1.807) is 42.0 Å². The highest BCUT2D eigenvalue weighted by atomic mass is 32.2. The van der Waals surface area contributed by atoms with E-state index in [0.29, 0.717) is 18.8 Å². The second-order valence-corrected chi connectivity index (χ2v) is 9.82. The number of nitrogens with one attached hydrogen (secondary N) is 1. The van der Waals surface area contributed by atoms with Crippen molar-refractivity contribution in [2.24, 2.45) is 0 Å². The minimum atomic E-state index is -3.84. The van der Waals surface area contributed by atoms with Gasteiger partial charge in [0.05, 0.1) is 5.69 Å². The highest BCUT2D eigenvalue weighted by Gasteiger charge is 2.33. The third-order valence-electron chi connectivity index (χ3n) is 5.06. The summed E-state index contributed by atoms with van der Waals surface area (Å²) in [7, 11) is -3.84. The second-order valence-electron chi connectivity index (χ2n) is 7.00. The normalized spacial score (nSPS) is 15.1. The number of anilines is 1. The Morgan fingerprint density at radius 2 is 1.87 bits per heavy atom. The van der Waals surface area contributed by atoms with E-state index in [9.17, 15) is 17.6 Å². The van der Waals surface area contributed by atoms with Crippen molar-refractivity contribution in [3.05, 3.63) is 76.5 Å². The number of thiophene rings is 1. The van der Waals surface area contributed by atoms with Gasteiger partial charge in [-0.1, -0.05) is 18.2 Å².